The molecular weight excluding hydrogens is 512 g/mol. The molecular formula is C28H40N8O4. The summed E-state index contributed by atoms with van der Waals surface area (Å²) in [7, 11) is 10.3. The molecule has 0 saturated heterocycles. The molecule has 0 spiro atoms. The van der Waals surface area contributed by atoms with Gasteiger partial charge in [-0.2, -0.15) is 0 Å². The molecule has 0 aliphatic heterocycles. The molecule has 3 amide bonds. The summed E-state index contributed by atoms with van der Waals surface area (Å²) in [6.45, 7) is 4.38. The van der Waals surface area contributed by atoms with Crippen LogP contribution in [0.15, 0.2) is 18.2 Å². The number of hydrogen-bond donors (Lipinski definition) is 3. The van der Waals surface area contributed by atoms with Gasteiger partial charge in [-0.1, -0.05) is 12.8 Å². The maximum atomic E-state index is 12.7. The van der Waals surface area contributed by atoms with Crippen LogP contribution in [0.5, 0.6) is 5.75 Å². The van der Waals surface area contributed by atoms with E-state index in [0.29, 0.717) is 42.3 Å². The van der Waals surface area contributed by atoms with E-state index in [0.717, 1.165) is 5.56 Å². The third-order valence-electron chi connectivity index (χ3n) is 6.09. The number of hydrogen-bond acceptors (Lipinski definition) is 9. The molecule has 12 nitrogen and oxygen atoms in total. The molecule has 2 rings (SSSR count). The topological polar surface area (TPSA) is 146 Å². The summed E-state index contributed by atoms with van der Waals surface area (Å²) in [4.78, 5) is 50.5. The number of amides is 3. The highest BCUT2D eigenvalue weighted by Crippen LogP contribution is 2.27. The van der Waals surface area contributed by atoms with Crippen LogP contribution in [-0.2, 0) is 22.4 Å². The molecule has 0 bridgehead atoms. The van der Waals surface area contributed by atoms with E-state index in [1.807, 2.05) is 38.1 Å². The Hall–Kier alpha value is -4.37. The standard InChI is InChI=1S/C28H40N8O4/c1-9-22-27(35(5)6)33-26(24(32-22)25(29)38)31-20-15-19(16-21(17-20)40-8)12-13-30-28(39)18(2)36(7)14-10-11-23(37)34(3)4/h15-18H,9,12-14H2,1-8H3,(H2,29,38)(H,30,39)(H,31,33)/t18-/m0/s1. The highest BCUT2D eigenvalue weighted by Gasteiger charge is 2.19. The van der Waals surface area contributed by atoms with E-state index < -0.39 is 11.9 Å². The molecule has 0 radical (unpaired) electrons. The lowest BCUT2D eigenvalue weighted by molar-refractivity contribution is -0.125. The Kier molecular flexibility index (Phi) is 11.7. The van der Waals surface area contributed by atoms with Gasteiger partial charge in [0.2, 0.25) is 5.91 Å². The molecule has 216 valence electrons. The number of anilines is 3. The van der Waals surface area contributed by atoms with Gasteiger partial charge in [0.25, 0.3) is 11.8 Å². The zero-order valence-electron chi connectivity index (χ0n) is 24.6. The highest BCUT2D eigenvalue weighted by atomic mass is 16.5. The van der Waals surface area contributed by atoms with E-state index >= 15 is 0 Å². The largest absolute Gasteiger partial charge is 0.497 e. The first-order valence-corrected chi connectivity index (χ1v) is 12.9. The molecule has 12 heteroatoms. The lowest BCUT2D eigenvalue weighted by atomic mass is 10.1. The smallest absolute Gasteiger partial charge is 0.297 e. The molecule has 0 aliphatic rings. The Bertz CT molecular complexity index is 1280. The molecule has 1 heterocycles. The van der Waals surface area contributed by atoms with Crippen molar-refractivity contribution in [2.45, 2.75) is 32.7 Å². The number of primary amides is 1. The minimum Gasteiger partial charge on any atom is -0.497 e. The zero-order valence-corrected chi connectivity index (χ0v) is 24.6. The molecule has 1 aromatic heterocycles. The Balaban J connectivity index is 2.13. The number of nitrogens with one attached hydrogen (secondary N) is 2. The van der Waals surface area contributed by atoms with Gasteiger partial charge in [0.05, 0.1) is 25.4 Å². The third kappa shape index (κ3) is 8.84. The van der Waals surface area contributed by atoms with Crippen molar-refractivity contribution in [3.05, 3.63) is 35.2 Å². The van der Waals surface area contributed by atoms with Gasteiger partial charge >= 0.3 is 0 Å². The van der Waals surface area contributed by atoms with Gasteiger partial charge in [-0.05, 0) is 50.4 Å². The van der Waals surface area contributed by atoms with E-state index in [9.17, 15) is 14.4 Å². The van der Waals surface area contributed by atoms with Gasteiger partial charge < -0.3 is 30.9 Å². The average molecular weight is 553 g/mol. The lowest BCUT2D eigenvalue weighted by Crippen LogP contribution is -2.44. The number of nitrogens with two attached hydrogens (primary N) is 1. The van der Waals surface area contributed by atoms with Crippen molar-refractivity contribution in [3.8, 4) is 17.6 Å². The molecule has 0 fully saturated rings. The van der Waals surface area contributed by atoms with Gasteiger partial charge in [0.15, 0.2) is 17.3 Å². The van der Waals surface area contributed by atoms with Crippen LogP contribution in [0.3, 0.4) is 0 Å². The summed E-state index contributed by atoms with van der Waals surface area (Å²) in [5, 5.41) is 6.11. The number of benzene rings is 1. The van der Waals surface area contributed by atoms with E-state index in [2.05, 4.69) is 32.4 Å². The van der Waals surface area contributed by atoms with Crippen LogP contribution in [0.1, 0.15) is 35.6 Å². The van der Waals surface area contributed by atoms with Crippen LogP contribution >= 0.6 is 0 Å². The second-order valence-corrected chi connectivity index (χ2v) is 9.63. The van der Waals surface area contributed by atoms with E-state index in [1.54, 1.807) is 46.1 Å². The van der Waals surface area contributed by atoms with Crippen molar-refractivity contribution in [2.24, 2.45) is 5.73 Å². The zero-order chi connectivity index (χ0) is 30.0. The first kappa shape index (κ1) is 31.8. The van der Waals surface area contributed by atoms with Gasteiger partial charge in [-0.3, -0.25) is 19.3 Å². The predicted molar refractivity (Wildman–Crippen MR) is 156 cm³/mol. The number of nitrogens with zero attached hydrogens (tertiary/aromatic N) is 5. The second-order valence-electron chi connectivity index (χ2n) is 9.63. The molecule has 40 heavy (non-hydrogen) atoms. The fraction of sp³-hybridized carbons (Fsp3) is 0.464. The molecule has 0 aliphatic carbocycles. The number of methoxy groups -OCH3 is 1. The van der Waals surface area contributed by atoms with E-state index in [-0.39, 0.29) is 29.9 Å². The molecule has 1 atom stereocenters. The minimum atomic E-state index is -0.685. The van der Waals surface area contributed by atoms with Crippen molar-refractivity contribution < 1.29 is 19.1 Å². The first-order valence-electron chi connectivity index (χ1n) is 12.9. The molecule has 4 N–H and O–H groups in total. The van der Waals surface area contributed by atoms with Crippen LogP contribution < -0.4 is 26.0 Å². The Morgan fingerprint density at radius 3 is 2.38 bits per heavy atom. The quantitative estimate of drug-likeness (QED) is 0.329. The van der Waals surface area contributed by atoms with Gasteiger partial charge in [-0.15, -0.1) is 0 Å². The molecule has 1 aromatic carbocycles. The van der Waals surface area contributed by atoms with Crippen LogP contribution in [0.2, 0.25) is 0 Å². The number of carbonyl (C=O) groups is 3. The Morgan fingerprint density at radius 1 is 1.10 bits per heavy atom. The second kappa shape index (κ2) is 14.7. The lowest BCUT2D eigenvalue weighted by Gasteiger charge is -2.21. The van der Waals surface area contributed by atoms with Crippen molar-refractivity contribution in [3.63, 3.8) is 0 Å². The number of aromatic nitrogens is 2. The minimum absolute atomic E-state index is 0.0490. The SMILES string of the molecule is CCc1nc(C(N)=O)c(Nc2cc(CCNC(=O)[C@H](C)N(C)CC#CC(=O)N(C)C)cc(OC)c2)nc1N(C)C. The monoisotopic (exact) mass is 552 g/mol. The van der Waals surface area contributed by atoms with Gasteiger partial charge in [-0.25, -0.2) is 9.97 Å². The fourth-order valence-corrected chi connectivity index (χ4v) is 3.61. The summed E-state index contributed by atoms with van der Waals surface area (Å²) in [6.07, 6.45) is 1.12. The summed E-state index contributed by atoms with van der Waals surface area (Å²) >= 11 is 0. The van der Waals surface area contributed by atoms with Crippen LogP contribution in [0.25, 0.3) is 0 Å². The number of aryl methyl sites for hydroxylation is 1. The predicted octanol–water partition coefficient (Wildman–Crippen LogP) is 1.03. The Morgan fingerprint density at radius 2 is 1.80 bits per heavy atom. The van der Waals surface area contributed by atoms with Gasteiger partial charge in [0.1, 0.15) is 5.75 Å². The van der Waals surface area contributed by atoms with E-state index in [4.69, 9.17) is 10.5 Å². The highest BCUT2D eigenvalue weighted by molar-refractivity contribution is 5.96. The number of rotatable bonds is 12. The summed E-state index contributed by atoms with van der Waals surface area (Å²) in [5.74, 6) is 5.68. The number of likely N-dealkylation sites (N-methyl/N-ethyl adjacent to an activating group) is 1. The summed E-state index contributed by atoms with van der Waals surface area (Å²) in [5.41, 5.74) is 7.85. The summed E-state index contributed by atoms with van der Waals surface area (Å²) < 4.78 is 5.47. The fourth-order valence-electron chi connectivity index (χ4n) is 3.61. The normalized spacial score (nSPS) is 11.2. The van der Waals surface area contributed by atoms with Crippen LogP contribution in [0.4, 0.5) is 17.3 Å². The van der Waals surface area contributed by atoms with Crippen molar-refractivity contribution in [2.75, 3.05) is 65.7 Å². The van der Waals surface area contributed by atoms with E-state index in [1.165, 1.54) is 4.90 Å². The maximum Gasteiger partial charge on any atom is 0.297 e. The number of carbonyl (C=O) groups excluding carboxylic acids is 3. The first-order chi connectivity index (χ1) is 18.9. The van der Waals surface area contributed by atoms with Crippen molar-refractivity contribution in [1.29, 1.82) is 0 Å². The van der Waals surface area contributed by atoms with Crippen LogP contribution in [0, 0.1) is 11.8 Å². The average Bonchev–Trinajstić information content (AvgIpc) is 2.91. The summed E-state index contributed by atoms with van der Waals surface area (Å²) in [6, 6.07) is 5.10. The van der Waals surface area contributed by atoms with Crippen molar-refractivity contribution >= 4 is 35.0 Å². The van der Waals surface area contributed by atoms with Crippen LogP contribution in [-0.4, -0.2) is 99.0 Å². The van der Waals surface area contributed by atoms with Gasteiger partial charge in [0, 0.05) is 46.5 Å². The molecule has 0 unspecified atom stereocenters. The molecule has 2 aromatic rings. The maximum absolute atomic E-state index is 12.7. The molecule has 0 saturated carbocycles. The van der Waals surface area contributed by atoms with Crippen molar-refractivity contribution in [1.82, 2.24) is 25.1 Å². The number of ether oxygens (including phenoxy) is 1. The Labute approximate surface area is 236 Å². The third-order valence-corrected chi connectivity index (χ3v) is 6.09.